The van der Waals surface area contributed by atoms with E-state index in [2.05, 4.69) is 57.4 Å². The second-order valence-electron chi connectivity index (χ2n) is 12.8. The quantitative estimate of drug-likeness (QED) is 0.0203. The first-order chi connectivity index (χ1) is 27.3. The number of aliphatic hydroxyl groups excluding tert-OH is 3. The van der Waals surface area contributed by atoms with Crippen LogP contribution in [0.5, 0.6) is 0 Å². The summed E-state index contributed by atoms with van der Waals surface area (Å²) in [6.45, 7) is 0.379. The van der Waals surface area contributed by atoms with Gasteiger partial charge in [0.1, 0.15) is 43.2 Å². The number of ether oxygens (including phenoxy) is 2. The highest BCUT2D eigenvalue weighted by molar-refractivity contribution is 7.47. The van der Waals surface area contributed by atoms with E-state index >= 15 is 0 Å². The van der Waals surface area contributed by atoms with Crippen LogP contribution in [-0.2, 0) is 50.9 Å². The topological polar surface area (TPSA) is 303 Å². The van der Waals surface area contributed by atoms with Gasteiger partial charge in [0.2, 0.25) is 0 Å². The molecule has 324 valence electrons. The Morgan fingerprint density at radius 3 is 1.55 bits per heavy atom. The monoisotopic (exact) mass is 880 g/mol. The summed E-state index contributed by atoms with van der Waals surface area (Å²) < 4.78 is 64.3. The molecule has 1 rings (SSSR count). The number of aliphatic hydroxyl groups is 3. The van der Waals surface area contributed by atoms with Crippen LogP contribution in [0.4, 0.5) is 0 Å². The SMILES string of the molecule is C#CC#CC#CC#CC#CC(=O)OC[C@@H](COP(=O)(O)OC1C(O)[C@@H](OP(=O)(O)O)C(OP(=O)(O)O)[C@@H](O)[C@H]1O)OC(=O)CCCCCCCCCCCCCCC. The minimum atomic E-state index is -5.62. The van der Waals surface area contributed by atoms with Crippen molar-refractivity contribution in [3.8, 4) is 59.7 Å². The van der Waals surface area contributed by atoms with Gasteiger partial charge in [0.15, 0.2) is 6.10 Å². The zero-order valence-corrected chi connectivity index (χ0v) is 34.5. The molecule has 0 heterocycles. The molecule has 4 unspecified atom stereocenters. The van der Waals surface area contributed by atoms with Gasteiger partial charge < -0.3 is 49.3 Å². The molecule has 0 aliphatic heterocycles. The molecule has 0 aromatic carbocycles. The molecule has 1 aliphatic carbocycles. The van der Waals surface area contributed by atoms with Crippen molar-refractivity contribution in [1.82, 2.24) is 0 Å². The highest BCUT2D eigenvalue weighted by atomic mass is 31.2. The summed E-state index contributed by atoms with van der Waals surface area (Å²) in [6.07, 6.45) is 2.00. The van der Waals surface area contributed by atoms with E-state index in [0.29, 0.717) is 12.8 Å². The first kappa shape index (κ1) is 53.0. The largest absolute Gasteiger partial charge is 0.472 e. The van der Waals surface area contributed by atoms with Gasteiger partial charge in [0, 0.05) is 12.3 Å². The number of terminal acetylenes is 1. The lowest BCUT2D eigenvalue weighted by molar-refractivity contribution is -0.213. The summed E-state index contributed by atoms with van der Waals surface area (Å²) in [5.74, 6) is 17.9. The minimum absolute atomic E-state index is 0.0746. The maximum absolute atomic E-state index is 12.9. The number of unbranched alkanes of at least 4 members (excludes halogenated alkanes) is 12. The van der Waals surface area contributed by atoms with Crippen LogP contribution in [0, 0.1) is 59.7 Å². The lowest BCUT2D eigenvalue weighted by atomic mass is 9.85. The molecule has 0 spiro atoms. The van der Waals surface area contributed by atoms with E-state index in [9.17, 15) is 53.3 Å². The molecule has 19 nitrogen and oxygen atoms in total. The molecule has 0 radical (unpaired) electrons. The third-order valence-electron chi connectivity index (χ3n) is 8.01. The number of phosphoric ester groups is 3. The number of hydrogen-bond donors (Lipinski definition) is 8. The summed E-state index contributed by atoms with van der Waals surface area (Å²) in [6, 6.07) is 0. The first-order valence-corrected chi connectivity index (χ1v) is 22.9. The molecule has 0 aromatic heterocycles. The van der Waals surface area contributed by atoms with Gasteiger partial charge in [-0.15, -0.1) is 6.42 Å². The second-order valence-corrected chi connectivity index (χ2v) is 16.6. The fraction of sp³-hybridized carbons (Fsp3) is 0.667. The average molecular weight is 881 g/mol. The van der Waals surface area contributed by atoms with Crippen LogP contribution in [-0.4, -0.2) is 108 Å². The summed E-state index contributed by atoms with van der Waals surface area (Å²) in [5, 5.41) is 31.6. The summed E-state index contributed by atoms with van der Waals surface area (Å²) >= 11 is 0. The molecule has 8 N–H and O–H groups in total. The van der Waals surface area contributed by atoms with Gasteiger partial charge in [-0.25, -0.2) is 18.5 Å². The summed E-state index contributed by atoms with van der Waals surface area (Å²) in [7, 11) is -16.7. The molecule has 0 amide bonds. The maximum atomic E-state index is 12.9. The van der Waals surface area contributed by atoms with Crippen molar-refractivity contribution in [3.63, 3.8) is 0 Å². The van der Waals surface area contributed by atoms with Crippen LogP contribution in [0.15, 0.2) is 0 Å². The lowest BCUT2D eigenvalue weighted by Gasteiger charge is -2.44. The Balaban J connectivity index is 2.92. The molecule has 1 saturated carbocycles. The van der Waals surface area contributed by atoms with Crippen LogP contribution in [0.25, 0.3) is 0 Å². The van der Waals surface area contributed by atoms with Gasteiger partial charge in [0.25, 0.3) is 0 Å². The Bertz CT molecular complexity index is 1740. The smallest absolute Gasteiger partial charge is 0.456 e. The van der Waals surface area contributed by atoms with E-state index in [4.69, 9.17) is 34.7 Å². The Morgan fingerprint density at radius 2 is 1.05 bits per heavy atom. The van der Waals surface area contributed by atoms with Crippen molar-refractivity contribution in [2.45, 2.75) is 140 Å². The lowest BCUT2D eigenvalue weighted by Crippen LogP contribution is -2.65. The number of hydrogen-bond acceptors (Lipinski definition) is 14. The van der Waals surface area contributed by atoms with Crippen molar-refractivity contribution in [1.29, 1.82) is 0 Å². The number of esters is 2. The van der Waals surface area contributed by atoms with E-state index in [1.807, 2.05) is 11.8 Å². The van der Waals surface area contributed by atoms with Crippen molar-refractivity contribution in [2.75, 3.05) is 13.2 Å². The third kappa shape index (κ3) is 24.8. The Morgan fingerprint density at radius 1 is 0.603 bits per heavy atom. The molecule has 0 saturated heterocycles. The third-order valence-corrected chi connectivity index (χ3v) is 10.0. The van der Waals surface area contributed by atoms with Crippen LogP contribution < -0.4 is 0 Å². The van der Waals surface area contributed by atoms with Crippen molar-refractivity contribution >= 4 is 35.4 Å². The number of rotatable bonds is 26. The maximum Gasteiger partial charge on any atom is 0.472 e. The number of phosphoric acid groups is 3. The summed E-state index contributed by atoms with van der Waals surface area (Å²) in [5.41, 5.74) is 0. The minimum Gasteiger partial charge on any atom is -0.456 e. The molecular weight excluding hydrogens is 829 g/mol. The molecular formula is C36H51O19P3. The first-order valence-electron chi connectivity index (χ1n) is 18.3. The van der Waals surface area contributed by atoms with Crippen molar-refractivity contribution in [3.05, 3.63) is 0 Å². The number of carbonyl (C=O) groups is 2. The molecule has 58 heavy (non-hydrogen) atoms. The van der Waals surface area contributed by atoms with Crippen LogP contribution in [0.1, 0.15) is 96.8 Å². The van der Waals surface area contributed by atoms with E-state index in [0.717, 1.165) is 25.7 Å². The molecule has 8 atom stereocenters. The zero-order valence-electron chi connectivity index (χ0n) is 31.8. The van der Waals surface area contributed by atoms with Gasteiger partial charge in [-0.3, -0.25) is 22.9 Å². The molecule has 22 heteroatoms. The predicted octanol–water partition coefficient (Wildman–Crippen LogP) is 2.12. The number of carbonyl (C=O) groups excluding carboxylic acids is 2. The van der Waals surface area contributed by atoms with E-state index < -0.39 is 91.3 Å². The van der Waals surface area contributed by atoms with Gasteiger partial charge >= 0.3 is 35.4 Å². The Kier molecular flexibility index (Phi) is 26.0. The molecule has 1 fully saturated rings. The van der Waals surface area contributed by atoms with Crippen molar-refractivity contribution in [2.24, 2.45) is 0 Å². The normalized spacial score (nSPS) is 21.7. The highest BCUT2D eigenvalue weighted by Crippen LogP contribution is 2.51. The summed E-state index contributed by atoms with van der Waals surface area (Å²) in [4.78, 5) is 72.1. The van der Waals surface area contributed by atoms with Gasteiger partial charge in [-0.1, -0.05) is 84.0 Å². The second kappa shape index (κ2) is 28.4. The average Bonchev–Trinajstić information content (AvgIpc) is 3.14. The van der Waals surface area contributed by atoms with Gasteiger partial charge in [-0.05, 0) is 53.8 Å². The zero-order chi connectivity index (χ0) is 43.6. The van der Waals surface area contributed by atoms with Gasteiger partial charge in [-0.2, -0.15) is 0 Å². The Labute approximate surface area is 338 Å². The van der Waals surface area contributed by atoms with Crippen molar-refractivity contribution < 1.29 is 90.6 Å². The highest BCUT2D eigenvalue weighted by Gasteiger charge is 2.56. The molecule has 0 aromatic rings. The predicted molar refractivity (Wildman–Crippen MR) is 204 cm³/mol. The Hall–Kier alpha value is -3.05. The fourth-order valence-corrected chi connectivity index (χ4v) is 7.44. The van der Waals surface area contributed by atoms with Crippen LogP contribution in [0.3, 0.4) is 0 Å². The van der Waals surface area contributed by atoms with Gasteiger partial charge in [0.05, 0.1) is 6.61 Å². The molecule has 1 aliphatic rings. The van der Waals surface area contributed by atoms with E-state index in [-0.39, 0.29) is 6.42 Å². The fourth-order valence-electron chi connectivity index (χ4n) is 5.34. The molecule has 0 bridgehead atoms. The van der Waals surface area contributed by atoms with Crippen LogP contribution >= 0.6 is 23.5 Å². The van der Waals surface area contributed by atoms with E-state index in [1.165, 1.54) is 44.9 Å². The van der Waals surface area contributed by atoms with Crippen LogP contribution in [0.2, 0.25) is 0 Å². The van der Waals surface area contributed by atoms with E-state index in [1.54, 1.807) is 0 Å². The standard InChI is InChI=1S/C36H51O19P3/c1-3-5-7-9-11-13-14-15-16-17-19-21-23-25-30(38)52-28(26-50-29(37)24-22-20-18-12-10-8-6-4-2)27-51-58(48,49)55-34-31(39)32(40)35(53-56(42,43)44)36(33(34)41)54-57(45,46)47/h2,28,31-36,39-41H,3,5,7,9,11,13-17,19,21,23,25-27H2,1H3,(H,48,49)(H2,42,43,44)(H2,45,46,47)/t28-,31+,32-,33?,34?,35?,36+/m0/s1.